The van der Waals surface area contributed by atoms with Crippen LogP contribution in [0.2, 0.25) is 5.02 Å². The Balaban J connectivity index is 1.65. The number of aromatic nitrogens is 4. The first kappa shape index (κ1) is 17.1. The number of fused-ring (bicyclic) bond motifs is 2. The van der Waals surface area contributed by atoms with Crippen LogP contribution in [-0.4, -0.2) is 25.6 Å². The van der Waals surface area contributed by atoms with Crippen molar-refractivity contribution in [2.75, 3.05) is 5.32 Å². The number of hydrogen-bond donors (Lipinski definition) is 1. The molecular weight excluding hydrogens is 360 g/mol. The molecule has 3 aromatic rings. The average Bonchev–Trinajstić information content (AvgIpc) is 2.99. The zero-order valence-corrected chi connectivity index (χ0v) is 15.2. The van der Waals surface area contributed by atoms with Crippen molar-refractivity contribution in [2.24, 2.45) is 0 Å². The first-order valence-electron chi connectivity index (χ1n) is 8.46. The lowest BCUT2D eigenvalue weighted by molar-refractivity contribution is 0.00800. The minimum absolute atomic E-state index is 0.170. The number of alkyl halides is 2. The molecule has 4 rings (SSSR count). The molecule has 0 amide bonds. The van der Waals surface area contributed by atoms with Gasteiger partial charge in [0.2, 0.25) is 5.82 Å². The molecule has 1 aliphatic rings. The van der Waals surface area contributed by atoms with Gasteiger partial charge in [-0.1, -0.05) is 17.7 Å². The Hall–Kier alpha value is -2.28. The summed E-state index contributed by atoms with van der Waals surface area (Å²) in [6.07, 6.45) is 2.67. The molecule has 1 atom stereocenters. The highest BCUT2D eigenvalue weighted by Crippen LogP contribution is 2.28. The van der Waals surface area contributed by atoms with Crippen molar-refractivity contribution in [3.8, 4) is 0 Å². The Morgan fingerprint density at radius 2 is 2.04 bits per heavy atom. The van der Waals surface area contributed by atoms with Gasteiger partial charge in [-0.2, -0.15) is 18.3 Å². The number of halogens is 3. The molecule has 0 bridgehead atoms. The summed E-state index contributed by atoms with van der Waals surface area (Å²) < 4.78 is 28.5. The van der Waals surface area contributed by atoms with Crippen LogP contribution in [0.3, 0.4) is 0 Å². The van der Waals surface area contributed by atoms with Crippen molar-refractivity contribution in [3.05, 3.63) is 51.9 Å². The highest BCUT2D eigenvalue weighted by atomic mass is 35.5. The van der Waals surface area contributed by atoms with E-state index in [4.69, 9.17) is 11.6 Å². The summed E-state index contributed by atoms with van der Waals surface area (Å²) in [7, 11) is 0. The van der Waals surface area contributed by atoms with Gasteiger partial charge in [0.15, 0.2) is 0 Å². The highest BCUT2D eigenvalue weighted by Gasteiger charge is 2.31. The quantitative estimate of drug-likeness (QED) is 0.744. The van der Waals surface area contributed by atoms with Gasteiger partial charge < -0.3 is 5.32 Å². The van der Waals surface area contributed by atoms with E-state index in [1.807, 2.05) is 25.1 Å². The van der Waals surface area contributed by atoms with E-state index in [1.165, 1.54) is 15.6 Å². The monoisotopic (exact) mass is 377 g/mol. The Morgan fingerprint density at radius 3 is 2.81 bits per heavy atom. The molecule has 1 aliphatic carbocycles. The Kier molecular flexibility index (Phi) is 4.06. The lowest BCUT2D eigenvalue weighted by Gasteiger charge is -2.26. The minimum atomic E-state index is -3.11. The number of aryl methyl sites for hydroxylation is 2. The summed E-state index contributed by atoms with van der Waals surface area (Å²) in [5, 5.41) is 8.13. The second kappa shape index (κ2) is 6.16. The first-order valence-corrected chi connectivity index (χ1v) is 8.84. The Labute approximate surface area is 154 Å². The predicted molar refractivity (Wildman–Crippen MR) is 96.0 cm³/mol. The predicted octanol–water partition coefficient (Wildman–Crippen LogP) is 4.17. The van der Waals surface area contributed by atoms with E-state index in [9.17, 15) is 8.78 Å². The van der Waals surface area contributed by atoms with Gasteiger partial charge in [-0.15, -0.1) is 5.10 Å². The van der Waals surface area contributed by atoms with Gasteiger partial charge in [0, 0.05) is 29.7 Å². The van der Waals surface area contributed by atoms with Crippen molar-refractivity contribution in [2.45, 2.75) is 45.1 Å². The molecule has 26 heavy (non-hydrogen) atoms. The number of hydrogen-bond acceptors (Lipinski definition) is 4. The smallest absolute Gasteiger partial charge is 0.305 e. The van der Waals surface area contributed by atoms with Crippen LogP contribution in [0.4, 0.5) is 14.6 Å². The van der Waals surface area contributed by atoms with Crippen LogP contribution in [0.1, 0.15) is 36.0 Å². The maximum Gasteiger partial charge on any atom is 0.305 e. The van der Waals surface area contributed by atoms with E-state index in [2.05, 4.69) is 20.4 Å². The van der Waals surface area contributed by atoms with Crippen LogP contribution >= 0.6 is 11.6 Å². The molecule has 5 nitrogen and oxygen atoms in total. The second-order valence-electron chi connectivity index (χ2n) is 6.82. The number of anilines is 1. The fourth-order valence-corrected chi connectivity index (χ4v) is 3.53. The van der Waals surface area contributed by atoms with Crippen LogP contribution in [0.5, 0.6) is 0 Å². The molecule has 2 aromatic heterocycles. The van der Waals surface area contributed by atoms with Gasteiger partial charge in [0.25, 0.3) is 5.78 Å². The third-order valence-electron chi connectivity index (χ3n) is 4.58. The molecule has 8 heteroatoms. The molecule has 0 fully saturated rings. The summed E-state index contributed by atoms with van der Waals surface area (Å²) in [4.78, 5) is 8.09. The van der Waals surface area contributed by atoms with Gasteiger partial charge in [-0.3, -0.25) is 0 Å². The standard InChI is InChI=1S/C18H18ClF2N5/c1-10-7-15(26-17(22-10)24-16(25-26)18(2,20)21)23-14-6-4-11-8-13(19)5-3-12(11)9-14/h3,5,7-8,14,23H,4,6,9H2,1-2H3. The summed E-state index contributed by atoms with van der Waals surface area (Å²) in [5.74, 6) is -2.84. The van der Waals surface area contributed by atoms with Crippen molar-refractivity contribution >= 4 is 23.2 Å². The fourth-order valence-electron chi connectivity index (χ4n) is 3.33. The van der Waals surface area contributed by atoms with Crippen molar-refractivity contribution in [1.29, 1.82) is 0 Å². The molecular formula is C18H18ClF2N5. The van der Waals surface area contributed by atoms with E-state index in [1.54, 1.807) is 6.07 Å². The molecule has 2 heterocycles. The Bertz CT molecular complexity index is 980. The third kappa shape index (κ3) is 3.23. The molecule has 0 radical (unpaired) electrons. The lowest BCUT2D eigenvalue weighted by Crippen LogP contribution is -2.28. The topological polar surface area (TPSA) is 55.1 Å². The van der Waals surface area contributed by atoms with Gasteiger partial charge in [-0.25, -0.2) is 4.98 Å². The second-order valence-corrected chi connectivity index (χ2v) is 7.25. The molecule has 0 aliphatic heterocycles. The molecule has 1 unspecified atom stereocenters. The van der Waals surface area contributed by atoms with Gasteiger partial charge in [0.1, 0.15) is 5.82 Å². The Morgan fingerprint density at radius 1 is 1.23 bits per heavy atom. The molecule has 0 spiro atoms. The summed E-state index contributed by atoms with van der Waals surface area (Å²) in [6.45, 7) is 2.59. The summed E-state index contributed by atoms with van der Waals surface area (Å²) in [6, 6.07) is 7.92. The number of benzene rings is 1. The van der Waals surface area contributed by atoms with Crippen molar-refractivity contribution in [3.63, 3.8) is 0 Å². The number of nitrogens with zero attached hydrogens (tertiary/aromatic N) is 4. The van der Waals surface area contributed by atoms with Gasteiger partial charge >= 0.3 is 5.92 Å². The summed E-state index contributed by atoms with van der Waals surface area (Å²) in [5.41, 5.74) is 3.21. The normalized spacial score (nSPS) is 17.3. The van der Waals surface area contributed by atoms with E-state index >= 15 is 0 Å². The van der Waals surface area contributed by atoms with Crippen LogP contribution in [0, 0.1) is 6.92 Å². The zero-order valence-electron chi connectivity index (χ0n) is 14.4. The largest absolute Gasteiger partial charge is 0.367 e. The molecule has 0 saturated carbocycles. The van der Waals surface area contributed by atoms with E-state index in [-0.39, 0.29) is 11.8 Å². The van der Waals surface area contributed by atoms with Crippen LogP contribution in [0.15, 0.2) is 24.3 Å². The first-order chi connectivity index (χ1) is 12.3. The molecule has 136 valence electrons. The van der Waals surface area contributed by atoms with Crippen molar-refractivity contribution in [1.82, 2.24) is 19.6 Å². The van der Waals surface area contributed by atoms with Crippen LogP contribution < -0.4 is 5.32 Å². The van der Waals surface area contributed by atoms with Crippen molar-refractivity contribution < 1.29 is 8.78 Å². The van der Waals surface area contributed by atoms with E-state index < -0.39 is 11.7 Å². The maximum atomic E-state index is 13.6. The zero-order chi connectivity index (χ0) is 18.5. The SMILES string of the molecule is Cc1cc(NC2CCc3cc(Cl)ccc3C2)n2nc(C(C)(F)F)nc2n1. The molecule has 0 saturated heterocycles. The number of rotatable bonds is 3. The van der Waals surface area contributed by atoms with Gasteiger partial charge in [-0.05, 0) is 49.4 Å². The van der Waals surface area contributed by atoms with E-state index in [0.717, 1.165) is 31.2 Å². The molecule has 1 N–H and O–H groups in total. The summed E-state index contributed by atoms with van der Waals surface area (Å²) >= 11 is 6.06. The maximum absolute atomic E-state index is 13.6. The number of nitrogens with one attached hydrogen (secondary N) is 1. The molecule has 1 aromatic carbocycles. The lowest BCUT2D eigenvalue weighted by atomic mass is 9.88. The average molecular weight is 378 g/mol. The van der Waals surface area contributed by atoms with Gasteiger partial charge in [0.05, 0.1) is 0 Å². The van der Waals surface area contributed by atoms with Crippen LogP contribution in [-0.2, 0) is 18.8 Å². The van der Waals surface area contributed by atoms with E-state index in [0.29, 0.717) is 11.5 Å². The van der Waals surface area contributed by atoms with Crippen LogP contribution in [0.25, 0.3) is 5.78 Å². The minimum Gasteiger partial charge on any atom is -0.367 e. The third-order valence-corrected chi connectivity index (χ3v) is 4.82. The fraction of sp³-hybridized carbons (Fsp3) is 0.389. The highest BCUT2D eigenvalue weighted by molar-refractivity contribution is 6.30.